The van der Waals surface area contributed by atoms with Crippen molar-refractivity contribution in [2.75, 3.05) is 7.11 Å². The van der Waals surface area contributed by atoms with Crippen LogP contribution in [0.1, 0.15) is 21.6 Å². The average molecular weight is 407 g/mol. The van der Waals surface area contributed by atoms with Crippen LogP contribution in [0.15, 0.2) is 48.0 Å². The molecule has 0 saturated carbocycles. The molecule has 0 aliphatic heterocycles. The van der Waals surface area contributed by atoms with E-state index in [9.17, 15) is 18.0 Å². The van der Waals surface area contributed by atoms with Gasteiger partial charge in [-0.25, -0.2) is 9.78 Å². The molecule has 0 spiro atoms. The highest BCUT2D eigenvalue weighted by Gasteiger charge is 2.31. The van der Waals surface area contributed by atoms with Crippen molar-refractivity contribution in [2.24, 2.45) is 0 Å². The summed E-state index contributed by atoms with van der Waals surface area (Å²) in [5.74, 6) is -0.169. The molecule has 11 heteroatoms. The van der Waals surface area contributed by atoms with Gasteiger partial charge in [0.1, 0.15) is 5.56 Å². The molecular weight excluding hydrogens is 395 g/mol. The lowest BCUT2D eigenvalue weighted by Crippen LogP contribution is -2.06. The molecule has 0 atom stereocenters. The van der Waals surface area contributed by atoms with Gasteiger partial charge in [0.15, 0.2) is 16.5 Å². The van der Waals surface area contributed by atoms with Crippen LogP contribution < -0.4 is 0 Å². The van der Waals surface area contributed by atoms with Crippen LogP contribution in [0.2, 0.25) is 0 Å². The maximum absolute atomic E-state index is 12.9. The van der Waals surface area contributed by atoms with Gasteiger partial charge in [0.2, 0.25) is 0 Å². The number of carbonyl (C=O) groups is 1. The first-order valence-electron chi connectivity index (χ1n) is 7.96. The fraction of sp³-hybridized carbons (Fsp3) is 0.176. The lowest BCUT2D eigenvalue weighted by Gasteiger charge is -2.07. The van der Waals surface area contributed by atoms with Gasteiger partial charge < -0.3 is 9.14 Å². The molecule has 0 fully saturated rings. The molecule has 0 amide bonds. The van der Waals surface area contributed by atoms with E-state index in [1.54, 1.807) is 28.9 Å². The fourth-order valence-corrected chi connectivity index (χ4v) is 3.48. The predicted molar refractivity (Wildman–Crippen MR) is 94.1 cm³/mol. The molecule has 0 aliphatic carbocycles. The van der Waals surface area contributed by atoms with Gasteiger partial charge in [-0.05, 0) is 24.3 Å². The van der Waals surface area contributed by atoms with E-state index in [1.807, 2.05) is 0 Å². The zero-order valence-corrected chi connectivity index (χ0v) is 15.2. The Hall–Kier alpha value is -3.08. The molecule has 144 valence electrons. The number of fused-ring (bicyclic) bond motifs is 2. The van der Waals surface area contributed by atoms with E-state index < -0.39 is 17.7 Å². The van der Waals surface area contributed by atoms with Gasteiger partial charge in [0.05, 0.1) is 18.4 Å². The van der Waals surface area contributed by atoms with Gasteiger partial charge in [0.25, 0.3) is 0 Å². The summed E-state index contributed by atoms with van der Waals surface area (Å²) in [5.41, 5.74) is 0.931. The van der Waals surface area contributed by atoms with Crippen LogP contribution in [-0.2, 0) is 16.7 Å². The quantitative estimate of drug-likeness (QED) is 0.381. The number of pyridine rings is 2. The third kappa shape index (κ3) is 3.28. The topological polar surface area (TPSA) is 73.8 Å². The van der Waals surface area contributed by atoms with Gasteiger partial charge in [-0.2, -0.15) is 13.2 Å². The Morgan fingerprint density at radius 3 is 2.79 bits per heavy atom. The van der Waals surface area contributed by atoms with Crippen LogP contribution in [0.3, 0.4) is 0 Å². The van der Waals surface area contributed by atoms with E-state index in [2.05, 4.69) is 15.2 Å². The van der Waals surface area contributed by atoms with Gasteiger partial charge in [-0.15, -0.1) is 10.2 Å². The smallest absolute Gasteiger partial charge is 0.417 e. The lowest BCUT2D eigenvalue weighted by atomic mass is 10.3. The number of ether oxygens (including phenoxy) is 1. The zero-order valence-electron chi connectivity index (χ0n) is 14.3. The number of methoxy groups -OCH3 is 1. The van der Waals surface area contributed by atoms with Crippen LogP contribution >= 0.6 is 11.8 Å². The Bertz CT molecular complexity index is 1180. The average Bonchev–Trinajstić information content (AvgIpc) is 3.27. The van der Waals surface area contributed by atoms with Crippen LogP contribution in [0.4, 0.5) is 13.2 Å². The maximum atomic E-state index is 12.9. The normalized spacial score (nSPS) is 12.0. The van der Waals surface area contributed by atoms with Crippen LogP contribution in [0.5, 0.6) is 0 Å². The van der Waals surface area contributed by atoms with Crippen molar-refractivity contribution >= 4 is 29.0 Å². The Labute approximate surface area is 160 Å². The monoisotopic (exact) mass is 407 g/mol. The number of nitrogens with zero attached hydrogens (tertiary/aromatic N) is 5. The highest BCUT2D eigenvalue weighted by molar-refractivity contribution is 7.98. The van der Waals surface area contributed by atoms with Crippen molar-refractivity contribution in [2.45, 2.75) is 17.1 Å². The van der Waals surface area contributed by atoms with Crippen LogP contribution in [0, 0.1) is 0 Å². The highest BCUT2D eigenvalue weighted by atomic mass is 32.2. The van der Waals surface area contributed by atoms with E-state index in [-0.39, 0.29) is 0 Å². The number of carbonyl (C=O) groups excluding carboxylic acids is 1. The lowest BCUT2D eigenvalue weighted by molar-refractivity contribution is -0.137. The molecule has 4 heterocycles. The number of thioether (sulfide) groups is 1. The van der Waals surface area contributed by atoms with Crippen molar-refractivity contribution < 1.29 is 22.7 Å². The minimum absolute atomic E-state index is 0.311. The SMILES string of the molecule is COC(=O)c1cccn2cc(CSc3nnc4ccc(C(F)(F)F)cn34)nc12. The van der Waals surface area contributed by atoms with E-state index >= 15 is 0 Å². The number of hydrogen-bond donors (Lipinski definition) is 0. The first kappa shape index (κ1) is 18.3. The third-order valence-corrected chi connectivity index (χ3v) is 4.96. The number of rotatable bonds is 4. The number of imidazole rings is 1. The Morgan fingerprint density at radius 2 is 2.04 bits per heavy atom. The number of alkyl halides is 3. The summed E-state index contributed by atoms with van der Waals surface area (Å²) in [6, 6.07) is 5.54. The zero-order chi connectivity index (χ0) is 19.9. The summed E-state index contributed by atoms with van der Waals surface area (Å²) >= 11 is 1.19. The molecule has 0 aliphatic rings. The molecule has 28 heavy (non-hydrogen) atoms. The van der Waals surface area contributed by atoms with Crippen molar-refractivity contribution in [3.63, 3.8) is 0 Å². The number of esters is 1. The fourth-order valence-electron chi connectivity index (χ4n) is 2.68. The molecule has 0 unspecified atom stereocenters. The van der Waals surface area contributed by atoms with Crippen molar-refractivity contribution in [3.8, 4) is 0 Å². The van der Waals surface area contributed by atoms with Gasteiger partial charge in [-0.3, -0.25) is 4.40 Å². The Balaban J connectivity index is 1.62. The Morgan fingerprint density at radius 1 is 1.21 bits per heavy atom. The largest absolute Gasteiger partial charge is 0.465 e. The second-order valence-corrected chi connectivity index (χ2v) is 6.73. The first-order chi connectivity index (χ1) is 13.4. The minimum atomic E-state index is -4.45. The van der Waals surface area contributed by atoms with Crippen molar-refractivity contribution in [1.82, 2.24) is 24.0 Å². The molecule has 0 radical (unpaired) electrons. The number of halogens is 3. The van der Waals surface area contributed by atoms with Crippen LogP contribution in [-0.4, -0.2) is 37.1 Å². The standard InChI is InChI=1S/C17H12F3N5O2S/c1-27-15(26)12-3-2-6-24-8-11(21-14(12)24)9-28-16-23-22-13-5-4-10(7-25(13)16)17(18,19)20/h2-8H,9H2,1H3. The number of aromatic nitrogens is 5. The van der Waals surface area contributed by atoms with Gasteiger partial charge >= 0.3 is 12.1 Å². The highest BCUT2D eigenvalue weighted by Crippen LogP contribution is 2.30. The summed E-state index contributed by atoms with van der Waals surface area (Å²) in [6.45, 7) is 0. The van der Waals surface area contributed by atoms with Crippen molar-refractivity contribution in [3.05, 3.63) is 59.7 Å². The molecule has 0 aromatic carbocycles. The van der Waals surface area contributed by atoms with Crippen molar-refractivity contribution in [1.29, 1.82) is 0 Å². The Kier molecular flexibility index (Phi) is 4.46. The van der Waals surface area contributed by atoms with Crippen LogP contribution in [0.25, 0.3) is 11.3 Å². The maximum Gasteiger partial charge on any atom is 0.417 e. The first-order valence-corrected chi connectivity index (χ1v) is 8.95. The molecule has 0 saturated heterocycles. The molecule has 0 bridgehead atoms. The molecule has 0 N–H and O–H groups in total. The van der Waals surface area contributed by atoms with Gasteiger partial charge in [0, 0.05) is 24.3 Å². The molecular formula is C17H12F3N5O2S. The summed E-state index contributed by atoms with van der Waals surface area (Å²) in [5, 5.41) is 8.14. The third-order valence-electron chi connectivity index (χ3n) is 3.99. The second kappa shape index (κ2) is 6.82. The summed E-state index contributed by atoms with van der Waals surface area (Å²) in [4.78, 5) is 16.3. The minimum Gasteiger partial charge on any atom is -0.465 e. The predicted octanol–water partition coefficient (Wildman–Crippen LogP) is 3.47. The van der Waals surface area contributed by atoms with E-state index in [0.717, 1.165) is 12.3 Å². The van der Waals surface area contributed by atoms with Gasteiger partial charge in [-0.1, -0.05) is 11.8 Å². The molecule has 4 rings (SSSR count). The van der Waals surface area contributed by atoms with E-state index in [4.69, 9.17) is 4.74 Å². The summed E-state index contributed by atoms with van der Waals surface area (Å²) in [7, 11) is 1.29. The summed E-state index contributed by atoms with van der Waals surface area (Å²) in [6.07, 6.45) is -0.00681. The molecule has 4 aromatic rings. The second-order valence-electron chi connectivity index (χ2n) is 5.79. The van der Waals surface area contributed by atoms with E-state index in [0.29, 0.717) is 33.5 Å². The molecule has 7 nitrogen and oxygen atoms in total. The van der Waals surface area contributed by atoms with E-state index in [1.165, 1.54) is 29.3 Å². The summed E-state index contributed by atoms with van der Waals surface area (Å²) < 4.78 is 46.6. The molecule has 4 aromatic heterocycles. The number of hydrogen-bond acceptors (Lipinski definition) is 6.